The predicted octanol–water partition coefficient (Wildman–Crippen LogP) is 4.46. The molecule has 0 heterocycles. The predicted molar refractivity (Wildman–Crippen MR) is 77.7 cm³/mol. The SMILES string of the molecule is CN(C)c1cc(C(C)(C)C)ccc1P(Cl)Cl. The van der Waals surface area contributed by atoms with Crippen LogP contribution in [0.3, 0.4) is 0 Å². The molecule has 1 nitrogen and oxygen atoms in total. The first kappa shape index (κ1) is 14.1. The van der Waals surface area contributed by atoms with Gasteiger partial charge in [-0.3, -0.25) is 0 Å². The first-order valence-corrected chi connectivity index (χ1v) is 8.32. The van der Waals surface area contributed by atoms with Crippen molar-refractivity contribution in [1.82, 2.24) is 0 Å². The zero-order valence-electron chi connectivity index (χ0n) is 10.4. The van der Waals surface area contributed by atoms with E-state index in [2.05, 4.69) is 37.8 Å². The molecule has 0 aliphatic carbocycles. The summed E-state index contributed by atoms with van der Waals surface area (Å²) in [6.45, 7) is 5.51. The van der Waals surface area contributed by atoms with Gasteiger partial charge in [0, 0.05) is 25.1 Å². The average molecular weight is 278 g/mol. The number of nitrogens with zero attached hydrogens (tertiary/aromatic N) is 1. The summed E-state index contributed by atoms with van der Waals surface area (Å²) in [6, 6.07) is 6.33. The van der Waals surface area contributed by atoms with Gasteiger partial charge in [-0.15, -0.1) is 0 Å². The van der Waals surface area contributed by atoms with Crippen molar-refractivity contribution in [2.24, 2.45) is 0 Å². The Morgan fingerprint density at radius 2 is 1.69 bits per heavy atom. The molecule has 0 N–H and O–H groups in total. The molecule has 0 unspecified atom stereocenters. The van der Waals surface area contributed by atoms with Gasteiger partial charge in [0.2, 0.25) is 0 Å². The molecule has 0 aromatic heterocycles. The van der Waals surface area contributed by atoms with E-state index in [-0.39, 0.29) is 5.41 Å². The van der Waals surface area contributed by atoms with Gasteiger partial charge in [0.1, 0.15) is 6.63 Å². The van der Waals surface area contributed by atoms with Gasteiger partial charge in [-0.1, -0.05) is 49.3 Å². The van der Waals surface area contributed by atoms with Crippen molar-refractivity contribution in [1.29, 1.82) is 0 Å². The highest BCUT2D eigenvalue weighted by molar-refractivity contribution is 8.09. The molecule has 0 fully saturated rings. The second-order valence-corrected chi connectivity index (χ2v) is 8.58. The van der Waals surface area contributed by atoms with E-state index in [1.165, 1.54) is 5.56 Å². The van der Waals surface area contributed by atoms with E-state index in [0.717, 1.165) is 11.0 Å². The lowest BCUT2D eigenvalue weighted by Crippen LogP contribution is -2.19. The Bertz CT molecular complexity index is 370. The molecule has 0 aliphatic rings. The van der Waals surface area contributed by atoms with Crippen molar-refractivity contribution in [3.63, 3.8) is 0 Å². The monoisotopic (exact) mass is 277 g/mol. The minimum Gasteiger partial charge on any atom is -0.377 e. The Kier molecular flexibility index (Phi) is 4.51. The highest BCUT2D eigenvalue weighted by atomic mass is 35.9. The Morgan fingerprint density at radius 3 is 2.06 bits per heavy atom. The zero-order chi connectivity index (χ0) is 12.5. The zero-order valence-corrected chi connectivity index (χ0v) is 12.8. The molecule has 0 saturated heterocycles. The van der Waals surface area contributed by atoms with Crippen molar-refractivity contribution >= 4 is 40.1 Å². The van der Waals surface area contributed by atoms with Crippen LogP contribution in [0.1, 0.15) is 26.3 Å². The van der Waals surface area contributed by atoms with Gasteiger partial charge < -0.3 is 4.90 Å². The van der Waals surface area contributed by atoms with Crippen LogP contribution in [0.25, 0.3) is 0 Å². The molecule has 0 radical (unpaired) electrons. The van der Waals surface area contributed by atoms with Gasteiger partial charge in [-0.25, -0.2) is 0 Å². The number of hydrogen-bond donors (Lipinski definition) is 0. The first-order chi connectivity index (χ1) is 7.23. The number of hydrogen-bond acceptors (Lipinski definition) is 1. The van der Waals surface area contributed by atoms with Crippen LogP contribution in [0, 0.1) is 0 Å². The van der Waals surface area contributed by atoms with Gasteiger partial charge in [-0.05, 0) is 23.1 Å². The van der Waals surface area contributed by atoms with Gasteiger partial charge >= 0.3 is 0 Å². The summed E-state index contributed by atoms with van der Waals surface area (Å²) < 4.78 is 0. The van der Waals surface area contributed by atoms with E-state index in [1.54, 1.807) is 0 Å². The largest absolute Gasteiger partial charge is 0.377 e. The number of halogens is 2. The highest BCUT2D eigenvalue weighted by Gasteiger charge is 2.18. The maximum absolute atomic E-state index is 6.02. The summed E-state index contributed by atoms with van der Waals surface area (Å²) in [5, 5.41) is 1.02. The summed E-state index contributed by atoms with van der Waals surface area (Å²) in [6.07, 6.45) is 0. The highest BCUT2D eigenvalue weighted by Crippen LogP contribution is 2.48. The van der Waals surface area contributed by atoms with Crippen LogP contribution in [0.4, 0.5) is 5.69 Å². The van der Waals surface area contributed by atoms with E-state index in [0.29, 0.717) is 0 Å². The second kappa shape index (κ2) is 5.12. The lowest BCUT2D eigenvalue weighted by atomic mass is 9.87. The Morgan fingerprint density at radius 1 is 1.12 bits per heavy atom. The topological polar surface area (TPSA) is 3.24 Å². The van der Waals surface area contributed by atoms with E-state index in [1.807, 2.05) is 20.2 Å². The van der Waals surface area contributed by atoms with Crippen LogP contribution in [-0.4, -0.2) is 14.1 Å². The third kappa shape index (κ3) is 3.26. The molecule has 90 valence electrons. The molecule has 0 atom stereocenters. The van der Waals surface area contributed by atoms with Gasteiger partial charge in [-0.2, -0.15) is 0 Å². The molecule has 1 rings (SSSR count). The maximum atomic E-state index is 6.02. The standard InChI is InChI=1S/C12H18Cl2NP/c1-12(2,3)9-6-7-11(16(13)14)10(8-9)15(4)5/h6-8H,1-5H3. The molecule has 0 bridgehead atoms. The van der Waals surface area contributed by atoms with E-state index >= 15 is 0 Å². The van der Waals surface area contributed by atoms with Crippen molar-refractivity contribution < 1.29 is 0 Å². The van der Waals surface area contributed by atoms with Crippen LogP contribution in [0.5, 0.6) is 0 Å². The van der Waals surface area contributed by atoms with Crippen LogP contribution < -0.4 is 10.2 Å². The molecule has 0 saturated carbocycles. The number of benzene rings is 1. The summed E-state index contributed by atoms with van der Waals surface area (Å²) in [5.41, 5.74) is 2.55. The van der Waals surface area contributed by atoms with Crippen molar-refractivity contribution in [3.05, 3.63) is 23.8 Å². The summed E-state index contributed by atoms with van der Waals surface area (Å²) in [4.78, 5) is 2.06. The normalized spacial score (nSPS) is 12.0. The molecular weight excluding hydrogens is 260 g/mol. The summed E-state index contributed by atoms with van der Waals surface area (Å²) in [7, 11) is 4.02. The third-order valence-corrected chi connectivity index (χ3v) is 4.34. The van der Waals surface area contributed by atoms with Crippen molar-refractivity contribution in [2.75, 3.05) is 19.0 Å². The smallest absolute Gasteiger partial charge is 0.119 e. The van der Waals surface area contributed by atoms with Crippen LogP contribution in [0.2, 0.25) is 0 Å². The van der Waals surface area contributed by atoms with E-state index in [4.69, 9.17) is 22.5 Å². The molecule has 16 heavy (non-hydrogen) atoms. The molecule has 0 spiro atoms. The van der Waals surface area contributed by atoms with Crippen LogP contribution in [0.15, 0.2) is 18.2 Å². The Hall–Kier alpha value is 0.0300. The quantitative estimate of drug-likeness (QED) is 0.722. The number of anilines is 1. The molecule has 4 heteroatoms. The fourth-order valence-corrected chi connectivity index (χ4v) is 2.97. The molecule has 0 amide bonds. The maximum Gasteiger partial charge on any atom is 0.119 e. The van der Waals surface area contributed by atoms with Crippen molar-refractivity contribution in [3.8, 4) is 0 Å². The minimum atomic E-state index is -1.09. The van der Waals surface area contributed by atoms with Gasteiger partial charge in [0.05, 0.1) is 0 Å². The van der Waals surface area contributed by atoms with Crippen LogP contribution >= 0.6 is 29.1 Å². The third-order valence-electron chi connectivity index (χ3n) is 2.51. The Balaban J connectivity index is 3.29. The molecule has 1 aromatic carbocycles. The summed E-state index contributed by atoms with van der Waals surface area (Å²) >= 11 is 12.0. The van der Waals surface area contributed by atoms with E-state index in [9.17, 15) is 0 Å². The minimum absolute atomic E-state index is 0.144. The second-order valence-electron chi connectivity index (χ2n) is 5.08. The van der Waals surface area contributed by atoms with Crippen LogP contribution in [-0.2, 0) is 5.41 Å². The first-order valence-electron chi connectivity index (χ1n) is 5.17. The van der Waals surface area contributed by atoms with E-state index < -0.39 is 6.63 Å². The fraction of sp³-hybridized carbons (Fsp3) is 0.500. The summed E-state index contributed by atoms with van der Waals surface area (Å²) in [5.74, 6) is 0. The van der Waals surface area contributed by atoms with Crippen molar-refractivity contribution in [2.45, 2.75) is 26.2 Å². The fourth-order valence-electron chi connectivity index (χ4n) is 1.49. The molecular formula is C12H18Cl2NP. The molecule has 0 aliphatic heterocycles. The lowest BCUT2D eigenvalue weighted by Gasteiger charge is -2.24. The molecule has 1 aromatic rings. The lowest BCUT2D eigenvalue weighted by molar-refractivity contribution is 0.590. The van der Waals surface area contributed by atoms with Gasteiger partial charge in [0.25, 0.3) is 0 Å². The van der Waals surface area contributed by atoms with Gasteiger partial charge in [0.15, 0.2) is 0 Å². The average Bonchev–Trinajstić information content (AvgIpc) is 2.15. The number of rotatable bonds is 2. The Labute approximate surface area is 109 Å².